The third-order valence-corrected chi connectivity index (χ3v) is 4.37. The van der Waals surface area contributed by atoms with Crippen LogP contribution in [-0.2, 0) is 16.1 Å². The van der Waals surface area contributed by atoms with Crippen LogP contribution in [0.25, 0.3) is 0 Å². The van der Waals surface area contributed by atoms with Crippen molar-refractivity contribution in [3.63, 3.8) is 0 Å². The van der Waals surface area contributed by atoms with Crippen LogP contribution in [0.2, 0.25) is 10.0 Å². The van der Waals surface area contributed by atoms with Crippen molar-refractivity contribution in [2.45, 2.75) is 40.3 Å². The van der Waals surface area contributed by atoms with Gasteiger partial charge in [0.1, 0.15) is 16.7 Å². The Balaban J connectivity index is 2.91. The molecule has 0 atom stereocenters. The summed E-state index contributed by atoms with van der Waals surface area (Å²) in [5.74, 6) is -0.384. The molecule has 9 heteroatoms. The number of ether oxygens (including phenoxy) is 1. The zero-order chi connectivity index (χ0) is 18.4. The smallest absolute Gasteiger partial charge is 0.320 e. The first-order valence-electron chi connectivity index (χ1n) is 7.83. The standard InChI is InChI=1S/C15H23Cl2N3O4/c1-5-18(6-2)9-11(21)24-8-7-19-14(22)12(16)13(17)15(23)20(19)10(3)4/h10H,5-9H2,1-4H3. The summed E-state index contributed by atoms with van der Waals surface area (Å²) in [4.78, 5) is 38.1. The molecule has 1 aromatic heterocycles. The highest BCUT2D eigenvalue weighted by atomic mass is 35.5. The normalized spacial score (nSPS) is 11.3. The first-order chi connectivity index (χ1) is 11.2. The van der Waals surface area contributed by atoms with Crippen LogP contribution in [-0.4, -0.2) is 46.5 Å². The largest absolute Gasteiger partial charge is 0.463 e. The van der Waals surface area contributed by atoms with E-state index in [2.05, 4.69) is 0 Å². The van der Waals surface area contributed by atoms with Gasteiger partial charge in [-0.3, -0.25) is 19.3 Å². The summed E-state index contributed by atoms with van der Waals surface area (Å²) >= 11 is 11.6. The number of likely N-dealkylation sites (N-methyl/N-ethyl adjacent to an activating group) is 1. The minimum atomic E-state index is -0.588. The minimum Gasteiger partial charge on any atom is -0.463 e. The number of carbonyl (C=O) groups excluding carboxylic acids is 1. The fraction of sp³-hybridized carbons (Fsp3) is 0.667. The van der Waals surface area contributed by atoms with E-state index in [9.17, 15) is 14.4 Å². The van der Waals surface area contributed by atoms with Crippen molar-refractivity contribution in [3.8, 4) is 0 Å². The van der Waals surface area contributed by atoms with Crippen molar-refractivity contribution in [2.24, 2.45) is 0 Å². The average Bonchev–Trinajstić information content (AvgIpc) is 2.54. The van der Waals surface area contributed by atoms with Gasteiger partial charge in [-0.1, -0.05) is 37.0 Å². The molecule has 1 aromatic rings. The van der Waals surface area contributed by atoms with Gasteiger partial charge in [-0.05, 0) is 26.9 Å². The van der Waals surface area contributed by atoms with Crippen molar-refractivity contribution in [3.05, 3.63) is 30.8 Å². The van der Waals surface area contributed by atoms with Gasteiger partial charge in [-0.2, -0.15) is 0 Å². The molecule has 0 fully saturated rings. The lowest BCUT2D eigenvalue weighted by molar-refractivity contribution is -0.145. The second kappa shape index (κ2) is 9.25. The van der Waals surface area contributed by atoms with Crippen LogP contribution in [0.5, 0.6) is 0 Å². The van der Waals surface area contributed by atoms with E-state index in [4.69, 9.17) is 27.9 Å². The van der Waals surface area contributed by atoms with Gasteiger partial charge in [-0.25, -0.2) is 9.36 Å². The first kappa shape index (κ1) is 20.7. The summed E-state index contributed by atoms with van der Waals surface area (Å²) in [5, 5.41) is -0.627. The van der Waals surface area contributed by atoms with Crippen LogP contribution < -0.4 is 11.1 Å². The third-order valence-electron chi connectivity index (χ3n) is 3.57. The Morgan fingerprint density at radius 2 is 1.67 bits per heavy atom. The second-order valence-electron chi connectivity index (χ2n) is 5.48. The van der Waals surface area contributed by atoms with E-state index < -0.39 is 11.1 Å². The van der Waals surface area contributed by atoms with Crippen molar-refractivity contribution >= 4 is 29.2 Å². The zero-order valence-electron chi connectivity index (χ0n) is 14.3. The molecule has 0 aliphatic rings. The molecule has 0 unspecified atom stereocenters. The second-order valence-corrected chi connectivity index (χ2v) is 6.24. The topological polar surface area (TPSA) is 73.5 Å². The summed E-state index contributed by atoms with van der Waals surface area (Å²) in [6, 6.07) is -0.300. The molecular formula is C15H23Cl2N3O4. The molecule has 0 spiro atoms. The lowest BCUT2D eigenvalue weighted by atomic mass is 10.4. The van der Waals surface area contributed by atoms with Crippen LogP contribution in [0.15, 0.2) is 9.59 Å². The summed E-state index contributed by atoms with van der Waals surface area (Å²) in [7, 11) is 0. The Bertz CT molecular complexity index is 693. The van der Waals surface area contributed by atoms with Crippen molar-refractivity contribution in [1.82, 2.24) is 14.3 Å². The Labute approximate surface area is 150 Å². The lowest BCUT2D eigenvalue weighted by Crippen LogP contribution is -2.41. The Morgan fingerprint density at radius 3 is 2.17 bits per heavy atom. The van der Waals surface area contributed by atoms with Crippen LogP contribution in [0.3, 0.4) is 0 Å². The van der Waals surface area contributed by atoms with Gasteiger partial charge >= 0.3 is 5.97 Å². The maximum Gasteiger partial charge on any atom is 0.320 e. The predicted octanol–water partition coefficient (Wildman–Crippen LogP) is 1.78. The fourth-order valence-electron chi connectivity index (χ4n) is 2.25. The molecule has 0 amide bonds. The predicted molar refractivity (Wildman–Crippen MR) is 94.1 cm³/mol. The van der Waals surface area contributed by atoms with E-state index >= 15 is 0 Å². The molecule has 0 bridgehead atoms. The highest BCUT2D eigenvalue weighted by molar-refractivity contribution is 6.41. The molecule has 0 saturated heterocycles. The SMILES string of the molecule is CCN(CC)CC(=O)OCCn1c(=O)c(Cl)c(Cl)c(=O)n1C(C)C. The first-order valence-corrected chi connectivity index (χ1v) is 8.58. The van der Waals surface area contributed by atoms with Crippen molar-refractivity contribution in [2.75, 3.05) is 26.2 Å². The molecule has 0 saturated carbocycles. The lowest BCUT2D eigenvalue weighted by Gasteiger charge is -2.20. The summed E-state index contributed by atoms with van der Waals surface area (Å²) < 4.78 is 7.52. The van der Waals surface area contributed by atoms with Crippen molar-refractivity contribution < 1.29 is 9.53 Å². The van der Waals surface area contributed by atoms with Gasteiger partial charge in [-0.15, -0.1) is 0 Å². The Kier molecular flexibility index (Phi) is 7.99. The fourth-order valence-corrected chi connectivity index (χ4v) is 2.60. The molecule has 0 aliphatic carbocycles. The number of esters is 1. The molecule has 0 radical (unpaired) electrons. The summed E-state index contributed by atoms with van der Waals surface area (Å²) in [6.45, 7) is 9.04. The molecule has 136 valence electrons. The molecule has 24 heavy (non-hydrogen) atoms. The maximum atomic E-state index is 12.3. The third kappa shape index (κ3) is 4.84. The highest BCUT2D eigenvalue weighted by Gasteiger charge is 2.18. The van der Waals surface area contributed by atoms with Gasteiger partial charge in [0.15, 0.2) is 0 Å². The minimum absolute atomic E-state index is 0.0210. The summed E-state index contributed by atoms with van der Waals surface area (Å²) in [5.41, 5.74) is -1.14. The number of halogens is 2. The number of nitrogens with zero attached hydrogens (tertiary/aromatic N) is 3. The van der Waals surface area contributed by atoms with Crippen LogP contribution in [0.1, 0.15) is 33.7 Å². The molecule has 7 nitrogen and oxygen atoms in total. The molecular weight excluding hydrogens is 357 g/mol. The van der Waals surface area contributed by atoms with Gasteiger partial charge < -0.3 is 4.74 Å². The van der Waals surface area contributed by atoms with E-state index in [1.165, 1.54) is 4.68 Å². The van der Waals surface area contributed by atoms with E-state index in [1.54, 1.807) is 13.8 Å². The average molecular weight is 380 g/mol. The molecule has 0 aromatic carbocycles. The van der Waals surface area contributed by atoms with Crippen LogP contribution >= 0.6 is 23.2 Å². The molecule has 1 rings (SSSR count). The van der Waals surface area contributed by atoms with E-state index in [-0.39, 0.29) is 41.8 Å². The van der Waals surface area contributed by atoms with E-state index in [0.717, 1.165) is 17.8 Å². The Hall–Kier alpha value is -1.31. The number of carbonyl (C=O) groups is 1. The molecule has 0 aliphatic heterocycles. The molecule has 0 N–H and O–H groups in total. The summed E-state index contributed by atoms with van der Waals surface area (Å²) in [6.07, 6.45) is 0. The Morgan fingerprint density at radius 1 is 1.12 bits per heavy atom. The number of rotatable bonds is 8. The number of hydrogen-bond acceptors (Lipinski definition) is 5. The van der Waals surface area contributed by atoms with Gasteiger partial charge in [0, 0.05) is 6.04 Å². The van der Waals surface area contributed by atoms with Crippen molar-refractivity contribution in [1.29, 1.82) is 0 Å². The molecule has 1 heterocycles. The number of aromatic nitrogens is 2. The van der Waals surface area contributed by atoms with E-state index in [0.29, 0.717) is 0 Å². The number of hydrogen-bond donors (Lipinski definition) is 0. The van der Waals surface area contributed by atoms with Gasteiger partial charge in [0.2, 0.25) is 0 Å². The van der Waals surface area contributed by atoms with E-state index in [1.807, 2.05) is 18.7 Å². The monoisotopic (exact) mass is 379 g/mol. The highest BCUT2D eigenvalue weighted by Crippen LogP contribution is 2.13. The van der Waals surface area contributed by atoms with Crippen LogP contribution in [0.4, 0.5) is 0 Å². The quantitative estimate of drug-likeness (QED) is 0.643. The van der Waals surface area contributed by atoms with Gasteiger partial charge in [0.25, 0.3) is 11.1 Å². The zero-order valence-corrected chi connectivity index (χ0v) is 15.9. The maximum absolute atomic E-state index is 12.3. The van der Waals surface area contributed by atoms with Gasteiger partial charge in [0.05, 0.1) is 13.1 Å². The van der Waals surface area contributed by atoms with Crippen LogP contribution in [0, 0.1) is 0 Å².